The number of hydrogen-bond acceptors (Lipinski definition) is 4. The van der Waals surface area contributed by atoms with Crippen molar-refractivity contribution in [2.75, 3.05) is 0 Å². The molecule has 5 nitrogen and oxygen atoms in total. The summed E-state index contributed by atoms with van der Waals surface area (Å²) in [4.78, 5) is 19.0. The van der Waals surface area contributed by atoms with E-state index in [-0.39, 0.29) is 17.4 Å². The first-order chi connectivity index (χ1) is 11.1. The molecule has 3 aromatic rings. The predicted octanol–water partition coefficient (Wildman–Crippen LogP) is 3.77. The van der Waals surface area contributed by atoms with E-state index in [1.54, 1.807) is 24.5 Å². The molecule has 23 heavy (non-hydrogen) atoms. The molecule has 0 unspecified atom stereocenters. The van der Waals surface area contributed by atoms with E-state index in [0.717, 1.165) is 11.1 Å². The van der Waals surface area contributed by atoms with Crippen LogP contribution in [0.1, 0.15) is 10.4 Å². The van der Waals surface area contributed by atoms with E-state index in [2.05, 4.69) is 9.97 Å². The van der Waals surface area contributed by atoms with Gasteiger partial charge in [0.2, 0.25) is 0 Å². The Morgan fingerprint density at radius 1 is 0.913 bits per heavy atom. The van der Waals surface area contributed by atoms with Crippen LogP contribution in [0.5, 0.6) is 11.8 Å². The molecule has 0 saturated carbocycles. The number of rotatable bonds is 4. The van der Waals surface area contributed by atoms with Crippen molar-refractivity contribution in [2.24, 2.45) is 0 Å². The van der Waals surface area contributed by atoms with E-state index in [1.807, 2.05) is 0 Å². The zero-order valence-corrected chi connectivity index (χ0v) is 11.8. The summed E-state index contributed by atoms with van der Waals surface area (Å²) in [5.74, 6) is -0.890. The van der Waals surface area contributed by atoms with Gasteiger partial charge in [-0.2, -0.15) is 0 Å². The molecule has 1 aromatic heterocycles. The van der Waals surface area contributed by atoms with Gasteiger partial charge in [0.25, 0.3) is 0 Å². The molecular formula is C17H11FN2O3. The summed E-state index contributed by atoms with van der Waals surface area (Å²) in [5.41, 5.74) is 1.74. The Morgan fingerprint density at radius 2 is 1.52 bits per heavy atom. The summed E-state index contributed by atoms with van der Waals surface area (Å²) in [6.45, 7) is 0. The number of aromatic carboxylic acids is 1. The van der Waals surface area contributed by atoms with Crippen molar-refractivity contribution in [1.82, 2.24) is 9.97 Å². The Morgan fingerprint density at radius 3 is 2.09 bits per heavy atom. The van der Waals surface area contributed by atoms with Crippen molar-refractivity contribution >= 4 is 5.97 Å². The van der Waals surface area contributed by atoms with E-state index in [1.165, 1.54) is 36.4 Å². The van der Waals surface area contributed by atoms with E-state index >= 15 is 0 Å². The fourth-order valence-electron chi connectivity index (χ4n) is 1.93. The van der Waals surface area contributed by atoms with Crippen LogP contribution >= 0.6 is 0 Å². The number of aromatic nitrogens is 2. The topological polar surface area (TPSA) is 72.3 Å². The van der Waals surface area contributed by atoms with Gasteiger partial charge in [0.05, 0.1) is 5.56 Å². The van der Waals surface area contributed by atoms with Crippen LogP contribution in [0.15, 0.2) is 60.9 Å². The van der Waals surface area contributed by atoms with Crippen molar-refractivity contribution in [3.8, 4) is 22.9 Å². The van der Waals surface area contributed by atoms with Crippen LogP contribution < -0.4 is 4.74 Å². The van der Waals surface area contributed by atoms with Gasteiger partial charge in [-0.15, -0.1) is 0 Å². The average molecular weight is 310 g/mol. The molecule has 114 valence electrons. The smallest absolute Gasteiger partial charge is 0.335 e. The lowest BCUT2D eigenvalue weighted by molar-refractivity contribution is 0.0697. The van der Waals surface area contributed by atoms with Crippen molar-refractivity contribution in [1.29, 1.82) is 0 Å². The highest BCUT2D eigenvalue weighted by atomic mass is 19.1. The number of carboxylic acid groups (broad SMARTS) is 1. The number of carboxylic acids is 1. The molecule has 3 rings (SSSR count). The SMILES string of the molecule is O=C(O)c1ccc(-c2cnc(Oc3ccc(F)cc3)nc2)cc1. The molecule has 2 aromatic carbocycles. The van der Waals surface area contributed by atoms with Gasteiger partial charge in [-0.3, -0.25) is 0 Å². The standard InChI is InChI=1S/C17H11FN2O3/c18-14-5-7-15(8-6-14)23-17-19-9-13(10-20-17)11-1-3-12(4-2-11)16(21)22/h1-10H,(H,21,22). The third kappa shape index (κ3) is 3.49. The largest absolute Gasteiger partial charge is 0.478 e. The lowest BCUT2D eigenvalue weighted by atomic mass is 10.1. The number of nitrogens with zero attached hydrogens (tertiary/aromatic N) is 2. The first-order valence-electron chi connectivity index (χ1n) is 6.71. The maximum absolute atomic E-state index is 12.8. The molecule has 0 radical (unpaired) electrons. The summed E-state index contributed by atoms with van der Waals surface area (Å²) in [7, 11) is 0. The summed E-state index contributed by atoms with van der Waals surface area (Å²) in [5, 5.41) is 8.88. The molecule has 0 atom stereocenters. The fourth-order valence-corrected chi connectivity index (χ4v) is 1.93. The monoisotopic (exact) mass is 310 g/mol. The highest BCUT2D eigenvalue weighted by Crippen LogP contribution is 2.22. The van der Waals surface area contributed by atoms with Crippen LogP contribution in [0.3, 0.4) is 0 Å². The quantitative estimate of drug-likeness (QED) is 0.794. The Balaban J connectivity index is 1.76. The molecule has 0 aliphatic heterocycles. The van der Waals surface area contributed by atoms with Crippen molar-refractivity contribution in [3.05, 3.63) is 72.3 Å². The van der Waals surface area contributed by atoms with E-state index < -0.39 is 5.97 Å². The summed E-state index contributed by atoms with van der Waals surface area (Å²) >= 11 is 0. The van der Waals surface area contributed by atoms with Gasteiger partial charge < -0.3 is 9.84 Å². The molecule has 6 heteroatoms. The van der Waals surface area contributed by atoms with Gasteiger partial charge in [-0.05, 0) is 42.0 Å². The maximum Gasteiger partial charge on any atom is 0.335 e. The van der Waals surface area contributed by atoms with Crippen LogP contribution in [0.2, 0.25) is 0 Å². The Labute approximate surface area is 131 Å². The summed E-state index contributed by atoms with van der Waals surface area (Å²) in [6, 6.07) is 12.1. The molecule has 0 bridgehead atoms. The minimum Gasteiger partial charge on any atom is -0.478 e. The predicted molar refractivity (Wildman–Crippen MR) is 80.9 cm³/mol. The zero-order valence-electron chi connectivity index (χ0n) is 11.8. The Kier molecular flexibility index (Phi) is 3.97. The van der Waals surface area contributed by atoms with E-state index in [0.29, 0.717) is 5.75 Å². The number of benzene rings is 2. The normalized spacial score (nSPS) is 10.3. The van der Waals surface area contributed by atoms with E-state index in [9.17, 15) is 9.18 Å². The van der Waals surface area contributed by atoms with Crippen LogP contribution in [0.4, 0.5) is 4.39 Å². The van der Waals surface area contributed by atoms with Gasteiger partial charge in [0.1, 0.15) is 11.6 Å². The minimum atomic E-state index is -0.976. The molecule has 1 heterocycles. The van der Waals surface area contributed by atoms with Gasteiger partial charge in [-0.1, -0.05) is 12.1 Å². The number of halogens is 1. The fraction of sp³-hybridized carbons (Fsp3) is 0. The molecule has 0 aliphatic rings. The lowest BCUT2D eigenvalue weighted by Crippen LogP contribution is -1.95. The van der Waals surface area contributed by atoms with Crippen LogP contribution in [-0.2, 0) is 0 Å². The molecule has 0 aliphatic carbocycles. The zero-order chi connectivity index (χ0) is 16.2. The Hall–Kier alpha value is -3.28. The third-order valence-electron chi connectivity index (χ3n) is 3.12. The number of ether oxygens (including phenoxy) is 1. The second kappa shape index (κ2) is 6.23. The average Bonchev–Trinajstić information content (AvgIpc) is 2.58. The molecular weight excluding hydrogens is 299 g/mol. The van der Waals surface area contributed by atoms with Gasteiger partial charge in [0, 0.05) is 18.0 Å². The summed E-state index contributed by atoms with van der Waals surface area (Å²) < 4.78 is 18.2. The molecule has 0 amide bonds. The van der Waals surface area contributed by atoms with Crippen molar-refractivity contribution in [3.63, 3.8) is 0 Å². The van der Waals surface area contributed by atoms with Crippen LogP contribution in [0.25, 0.3) is 11.1 Å². The maximum atomic E-state index is 12.8. The second-order valence-electron chi connectivity index (χ2n) is 4.69. The number of carbonyl (C=O) groups is 1. The second-order valence-corrected chi connectivity index (χ2v) is 4.69. The first kappa shape index (κ1) is 14.6. The highest BCUT2D eigenvalue weighted by Gasteiger charge is 2.05. The Bertz CT molecular complexity index is 816. The summed E-state index contributed by atoms with van der Waals surface area (Å²) in [6.07, 6.45) is 3.14. The van der Waals surface area contributed by atoms with E-state index in [4.69, 9.17) is 9.84 Å². The third-order valence-corrected chi connectivity index (χ3v) is 3.12. The van der Waals surface area contributed by atoms with Crippen molar-refractivity contribution in [2.45, 2.75) is 0 Å². The minimum absolute atomic E-state index is 0.141. The van der Waals surface area contributed by atoms with Gasteiger partial charge in [0.15, 0.2) is 0 Å². The molecule has 0 fully saturated rings. The number of hydrogen-bond donors (Lipinski definition) is 1. The molecule has 0 saturated heterocycles. The lowest BCUT2D eigenvalue weighted by Gasteiger charge is -2.05. The first-order valence-corrected chi connectivity index (χ1v) is 6.71. The van der Waals surface area contributed by atoms with Crippen LogP contribution in [0, 0.1) is 5.82 Å². The molecule has 0 spiro atoms. The van der Waals surface area contributed by atoms with Gasteiger partial charge in [-0.25, -0.2) is 19.2 Å². The van der Waals surface area contributed by atoms with Crippen molar-refractivity contribution < 1.29 is 19.0 Å². The molecule has 1 N–H and O–H groups in total. The highest BCUT2D eigenvalue weighted by molar-refractivity contribution is 5.88. The van der Waals surface area contributed by atoms with Gasteiger partial charge >= 0.3 is 12.0 Å². The van der Waals surface area contributed by atoms with Crippen LogP contribution in [-0.4, -0.2) is 21.0 Å².